The maximum Gasteiger partial charge on any atom is 0.419 e. The van der Waals surface area contributed by atoms with Crippen LogP contribution in [0.15, 0.2) is 30.7 Å². The number of aromatic nitrogens is 2. The fourth-order valence-corrected chi connectivity index (χ4v) is 2.20. The molecule has 0 unspecified atom stereocenters. The van der Waals surface area contributed by atoms with Crippen LogP contribution in [0.5, 0.6) is 0 Å². The van der Waals surface area contributed by atoms with Crippen LogP contribution < -0.4 is 5.32 Å². The molecule has 1 aromatic heterocycles. The Morgan fingerprint density at radius 2 is 2.00 bits per heavy atom. The minimum Gasteiger partial charge on any atom is -0.315 e. The predicted octanol–water partition coefficient (Wildman–Crippen LogP) is 2.72. The van der Waals surface area contributed by atoms with Crippen molar-refractivity contribution in [2.45, 2.75) is 12.1 Å². The van der Waals surface area contributed by atoms with E-state index in [1.165, 1.54) is 12.4 Å². The molecule has 2 heterocycles. The summed E-state index contributed by atoms with van der Waals surface area (Å²) in [6.45, 7) is 1.53. The van der Waals surface area contributed by atoms with Gasteiger partial charge in [-0.3, -0.25) is 0 Å². The van der Waals surface area contributed by atoms with Crippen LogP contribution in [0.3, 0.4) is 0 Å². The number of rotatable bonds is 2. The zero-order chi connectivity index (χ0) is 14.3. The Bertz CT molecular complexity index is 629. The molecule has 106 valence electrons. The van der Waals surface area contributed by atoms with E-state index in [1.54, 1.807) is 10.8 Å². The maximum atomic E-state index is 13.3. The van der Waals surface area contributed by atoms with E-state index in [2.05, 4.69) is 10.3 Å². The predicted molar refractivity (Wildman–Crippen MR) is 64.1 cm³/mol. The normalized spacial score (nSPS) is 16.2. The molecular formula is C13H11F4N3. The van der Waals surface area contributed by atoms with Gasteiger partial charge >= 0.3 is 6.18 Å². The van der Waals surface area contributed by atoms with Crippen LogP contribution in [-0.4, -0.2) is 22.6 Å². The summed E-state index contributed by atoms with van der Waals surface area (Å²) in [5.41, 5.74) is -0.178. The molecule has 20 heavy (non-hydrogen) atoms. The Morgan fingerprint density at radius 3 is 2.60 bits per heavy atom. The van der Waals surface area contributed by atoms with Gasteiger partial charge in [-0.25, -0.2) is 9.37 Å². The summed E-state index contributed by atoms with van der Waals surface area (Å²) in [5.74, 6) is -1.05. The van der Waals surface area contributed by atoms with E-state index in [1.807, 2.05) is 0 Å². The molecule has 0 spiro atoms. The molecule has 7 heteroatoms. The largest absolute Gasteiger partial charge is 0.419 e. The van der Waals surface area contributed by atoms with Crippen LogP contribution in [0.2, 0.25) is 0 Å². The van der Waals surface area contributed by atoms with Gasteiger partial charge in [0.2, 0.25) is 0 Å². The molecule has 2 aromatic rings. The zero-order valence-electron chi connectivity index (χ0n) is 10.3. The first-order valence-electron chi connectivity index (χ1n) is 6.07. The molecule has 0 bridgehead atoms. The fraction of sp³-hybridized carbons (Fsp3) is 0.308. The van der Waals surface area contributed by atoms with E-state index in [4.69, 9.17) is 0 Å². The molecule has 1 fully saturated rings. The molecule has 1 aliphatic heterocycles. The second-order valence-corrected chi connectivity index (χ2v) is 4.71. The van der Waals surface area contributed by atoms with Gasteiger partial charge in [-0.15, -0.1) is 0 Å². The van der Waals surface area contributed by atoms with Crippen molar-refractivity contribution in [3.05, 3.63) is 47.8 Å². The highest BCUT2D eigenvalue weighted by Crippen LogP contribution is 2.33. The second kappa shape index (κ2) is 4.59. The van der Waals surface area contributed by atoms with Crippen molar-refractivity contribution < 1.29 is 17.6 Å². The second-order valence-electron chi connectivity index (χ2n) is 4.71. The molecule has 0 atom stereocenters. The Balaban J connectivity index is 2.05. The van der Waals surface area contributed by atoms with E-state index in [0.717, 1.165) is 30.9 Å². The van der Waals surface area contributed by atoms with Gasteiger partial charge in [0.25, 0.3) is 0 Å². The van der Waals surface area contributed by atoms with Gasteiger partial charge in [0.15, 0.2) is 0 Å². The third kappa shape index (κ3) is 2.18. The van der Waals surface area contributed by atoms with Gasteiger partial charge < -0.3 is 9.88 Å². The lowest BCUT2D eigenvalue weighted by molar-refractivity contribution is -0.140. The lowest BCUT2D eigenvalue weighted by atomic mass is 9.99. The van der Waals surface area contributed by atoms with Crippen molar-refractivity contribution in [3.63, 3.8) is 0 Å². The average molecular weight is 285 g/mol. The van der Waals surface area contributed by atoms with E-state index >= 15 is 0 Å². The van der Waals surface area contributed by atoms with Crippen LogP contribution in [0.25, 0.3) is 5.69 Å². The summed E-state index contributed by atoms with van der Waals surface area (Å²) in [7, 11) is 0. The highest BCUT2D eigenvalue weighted by atomic mass is 19.4. The van der Waals surface area contributed by atoms with Crippen molar-refractivity contribution in [1.82, 2.24) is 14.9 Å². The number of nitrogens with zero attached hydrogens (tertiary/aromatic N) is 2. The summed E-state index contributed by atoms with van der Waals surface area (Å²) in [5, 5.41) is 3.09. The molecule has 3 rings (SSSR count). The molecule has 1 aromatic carbocycles. The van der Waals surface area contributed by atoms with E-state index in [0.29, 0.717) is 0 Å². The average Bonchev–Trinajstić information content (AvgIpc) is 2.75. The first-order chi connectivity index (χ1) is 9.47. The van der Waals surface area contributed by atoms with Crippen LogP contribution in [-0.2, 0) is 6.18 Å². The highest BCUT2D eigenvalue weighted by molar-refractivity contribution is 5.40. The minimum absolute atomic E-state index is 0.219. The van der Waals surface area contributed by atoms with Crippen molar-refractivity contribution in [3.8, 4) is 5.69 Å². The van der Waals surface area contributed by atoms with Gasteiger partial charge in [0, 0.05) is 36.6 Å². The lowest BCUT2D eigenvalue weighted by Gasteiger charge is -2.28. The fourth-order valence-electron chi connectivity index (χ4n) is 2.20. The summed E-state index contributed by atoms with van der Waals surface area (Å²) in [4.78, 5) is 3.98. The quantitative estimate of drug-likeness (QED) is 0.860. The third-order valence-corrected chi connectivity index (χ3v) is 3.40. The SMILES string of the molecule is Fc1ccc(-n2cncc2C2CNC2)cc1C(F)(F)F. The monoisotopic (exact) mass is 285 g/mol. The number of hydrogen-bond acceptors (Lipinski definition) is 2. The highest BCUT2D eigenvalue weighted by Gasteiger charge is 2.34. The summed E-state index contributed by atoms with van der Waals surface area (Å²) < 4.78 is 53.1. The van der Waals surface area contributed by atoms with Crippen LogP contribution >= 0.6 is 0 Å². The molecule has 0 amide bonds. The first-order valence-corrected chi connectivity index (χ1v) is 6.07. The van der Waals surface area contributed by atoms with Crippen LogP contribution in [0.4, 0.5) is 17.6 Å². The molecule has 0 saturated carbocycles. The van der Waals surface area contributed by atoms with Gasteiger partial charge in [-0.2, -0.15) is 13.2 Å². The number of hydrogen-bond donors (Lipinski definition) is 1. The van der Waals surface area contributed by atoms with Crippen molar-refractivity contribution in [2.24, 2.45) is 0 Å². The number of benzene rings is 1. The van der Waals surface area contributed by atoms with Gasteiger partial charge in [0.1, 0.15) is 5.82 Å². The number of alkyl halides is 3. The molecule has 0 aliphatic carbocycles. The summed E-state index contributed by atoms with van der Waals surface area (Å²) in [6, 6.07) is 2.97. The van der Waals surface area contributed by atoms with Gasteiger partial charge in [-0.05, 0) is 18.2 Å². The molecule has 1 N–H and O–H groups in total. The van der Waals surface area contributed by atoms with Gasteiger partial charge in [-0.1, -0.05) is 0 Å². The standard InChI is InChI=1S/C13H11F4N3/c14-11-2-1-9(3-10(11)13(15,16)17)20-7-19-6-12(20)8-4-18-5-8/h1-3,6-8,18H,4-5H2. The number of imidazole rings is 1. The van der Waals surface area contributed by atoms with Crippen LogP contribution in [0.1, 0.15) is 17.2 Å². The Hall–Kier alpha value is -1.89. The Morgan fingerprint density at radius 1 is 1.25 bits per heavy atom. The first kappa shape index (κ1) is 13.1. The maximum absolute atomic E-state index is 13.3. The topological polar surface area (TPSA) is 29.9 Å². The Kier molecular flexibility index (Phi) is 3.01. The third-order valence-electron chi connectivity index (χ3n) is 3.40. The Labute approximate surface area is 112 Å². The smallest absolute Gasteiger partial charge is 0.315 e. The molecule has 1 saturated heterocycles. The molecule has 0 radical (unpaired) electrons. The van der Waals surface area contributed by atoms with E-state index < -0.39 is 17.6 Å². The lowest BCUT2D eigenvalue weighted by Crippen LogP contribution is -2.40. The molecule has 3 nitrogen and oxygen atoms in total. The van der Waals surface area contributed by atoms with E-state index in [-0.39, 0.29) is 11.6 Å². The minimum atomic E-state index is -4.71. The van der Waals surface area contributed by atoms with Crippen molar-refractivity contribution in [2.75, 3.05) is 13.1 Å². The summed E-state index contributed by atoms with van der Waals surface area (Å²) >= 11 is 0. The van der Waals surface area contributed by atoms with E-state index in [9.17, 15) is 17.6 Å². The van der Waals surface area contributed by atoms with Gasteiger partial charge in [0.05, 0.1) is 11.9 Å². The van der Waals surface area contributed by atoms with Crippen LogP contribution in [0, 0.1) is 5.82 Å². The van der Waals surface area contributed by atoms with Crippen molar-refractivity contribution >= 4 is 0 Å². The number of nitrogens with one attached hydrogen (secondary N) is 1. The van der Waals surface area contributed by atoms with Crippen molar-refractivity contribution in [1.29, 1.82) is 0 Å². The summed E-state index contributed by atoms with van der Waals surface area (Å²) in [6.07, 6.45) is -1.64. The zero-order valence-corrected chi connectivity index (χ0v) is 10.3. The molecular weight excluding hydrogens is 274 g/mol. The molecule has 1 aliphatic rings. The number of halogens is 4.